The van der Waals surface area contributed by atoms with Crippen LogP contribution >= 0.6 is 22.6 Å². The van der Waals surface area contributed by atoms with Gasteiger partial charge in [-0.25, -0.2) is 4.79 Å². The van der Waals surface area contributed by atoms with Crippen LogP contribution in [-0.4, -0.2) is 24.8 Å². The van der Waals surface area contributed by atoms with Crippen molar-refractivity contribution < 1.29 is 9.53 Å². The van der Waals surface area contributed by atoms with Gasteiger partial charge in [-0.15, -0.1) is 0 Å². The van der Waals surface area contributed by atoms with Crippen LogP contribution in [0, 0.1) is 10.5 Å². The van der Waals surface area contributed by atoms with E-state index in [0.717, 1.165) is 5.69 Å². The molecule has 1 aromatic rings. The Balaban J connectivity index is 2.29. The fourth-order valence-corrected chi connectivity index (χ4v) is 2.15. The van der Waals surface area contributed by atoms with Gasteiger partial charge in [-0.05, 0) is 74.0 Å². The number of amides is 1. The van der Waals surface area contributed by atoms with Crippen molar-refractivity contribution in [2.45, 2.75) is 33.3 Å². The van der Waals surface area contributed by atoms with Gasteiger partial charge in [0.2, 0.25) is 0 Å². The molecule has 4 nitrogen and oxygen atoms in total. The second-order valence-corrected chi connectivity index (χ2v) is 6.56. The number of anilines is 1. The van der Waals surface area contributed by atoms with Gasteiger partial charge in [0.25, 0.3) is 0 Å². The smallest absolute Gasteiger partial charge is 0.407 e. The molecule has 0 aliphatic rings. The molecule has 0 bridgehead atoms. The summed E-state index contributed by atoms with van der Waals surface area (Å²) in [5, 5.41) is 6.00. The molecule has 0 aliphatic carbocycles. The highest BCUT2D eigenvalue weighted by Gasteiger charge is 2.15. The molecule has 0 saturated carbocycles. The predicted octanol–water partition coefficient (Wildman–Crippen LogP) is 3.54. The molecule has 106 valence electrons. The lowest BCUT2D eigenvalue weighted by Gasteiger charge is -2.19. The molecular weight excluding hydrogens is 355 g/mol. The van der Waals surface area contributed by atoms with Crippen LogP contribution in [0.3, 0.4) is 0 Å². The molecule has 1 aromatic carbocycles. The number of rotatable bonds is 4. The van der Waals surface area contributed by atoms with Gasteiger partial charge in [0, 0.05) is 22.3 Å². The van der Waals surface area contributed by atoms with E-state index in [1.165, 1.54) is 9.13 Å². The van der Waals surface area contributed by atoms with Crippen molar-refractivity contribution in [3.63, 3.8) is 0 Å². The molecule has 0 spiro atoms. The van der Waals surface area contributed by atoms with Gasteiger partial charge < -0.3 is 15.4 Å². The highest BCUT2D eigenvalue weighted by Crippen LogP contribution is 2.17. The maximum Gasteiger partial charge on any atom is 0.407 e. The minimum Gasteiger partial charge on any atom is -0.444 e. The van der Waals surface area contributed by atoms with E-state index in [2.05, 4.69) is 52.3 Å². The summed E-state index contributed by atoms with van der Waals surface area (Å²) >= 11 is 2.29. The quantitative estimate of drug-likeness (QED) is 0.625. The summed E-state index contributed by atoms with van der Waals surface area (Å²) < 4.78 is 6.37. The van der Waals surface area contributed by atoms with Crippen LogP contribution in [0.5, 0.6) is 0 Å². The Morgan fingerprint density at radius 2 is 2.00 bits per heavy atom. The second-order valence-electron chi connectivity index (χ2n) is 5.31. The van der Waals surface area contributed by atoms with Crippen LogP contribution in [0.4, 0.5) is 10.5 Å². The van der Waals surface area contributed by atoms with E-state index in [4.69, 9.17) is 4.74 Å². The Hall–Kier alpha value is -0.980. The zero-order chi connectivity index (χ0) is 14.5. The Morgan fingerprint density at radius 1 is 1.32 bits per heavy atom. The number of carbonyl (C=O) groups is 1. The van der Waals surface area contributed by atoms with Crippen LogP contribution < -0.4 is 10.6 Å². The molecule has 1 rings (SSSR count). The SMILES string of the molecule is Cc1cc(I)ccc1NCCNC(=O)OC(C)(C)C. The highest BCUT2D eigenvalue weighted by molar-refractivity contribution is 14.1. The van der Waals surface area contributed by atoms with Crippen LogP contribution in [0.15, 0.2) is 18.2 Å². The minimum atomic E-state index is -0.454. The van der Waals surface area contributed by atoms with Crippen molar-refractivity contribution in [2.75, 3.05) is 18.4 Å². The normalized spacial score (nSPS) is 11.0. The van der Waals surface area contributed by atoms with E-state index in [0.29, 0.717) is 13.1 Å². The number of ether oxygens (including phenoxy) is 1. The van der Waals surface area contributed by atoms with Crippen molar-refractivity contribution in [2.24, 2.45) is 0 Å². The van der Waals surface area contributed by atoms with Gasteiger partial charge in [0.1, 0.15) is 5.60 Å². The van der Waals surface area contributed by atoms with Crippen molar-refractivity contribution in [3.05, 3.63) is 27.3 Å². The summed E-state index contributed by atoms with van der Waals surface area (Å²) in [5.41, 5.74) is 1.83. The molecule has 0 heterocycles. The maximum absolute atomic E-state index is 11.4. The van der Waals surface area contributed by atoms with Crippen molar-refractivity contribution in [3.8, 4) is 0 Å². The Bertz CT molecular complexity index is 442. The third kappa shape index (κ3) is 6.66. The Morgan fingerprint density at radius 3 is 2.58 bits per heavy atom. The molecule has 0 radical (unpaired) electrons. The first-order chi connectivity index (χ1) is 8.78. The summed E-state index contributed by atoms with van der Waals surface area (Å²) in [4.78, 5) is 11.4. The molecular formula is C14H21IN2O2. The van der Waals surface area contributed by atoms with Gasteiger partial charge in [-0.1, -0.05) is 0 Å². The summed E-state index contributed by atoms with van der Waals surface area (Å²) in [6.45, 7) is 8.80. The van der Waals surface area contributed by atoms with Crippen LogP contribution in [0.1, 0.15) is 26.3 Å². The van der Waals surface area contributed by atoms with Gasteiger partial charge in [-0.2, -0.15) is 0 Å². The van der Waals surface area contributed by atoms with E-state index >= 15 is 0 Å². The number of benzene rings is 1. The summed E-state index contributed by atoms with van der Waals surface area (Å²) in [6.07, 6.45) is -0.381. The van der Waals surface area contributed by atoms with Crippen LogP contribution in [0.2, 0.25) is 0 Å². The second kappa shape index (κ2) is 6.98. The molecule has 0 unspecified atom stereocenters. The molecule has 0 fully saturated rings. The predicted molar refractivity (Wildman–Crippen MR) is 86.6 cm³/mol. The molecule has 5 heteroatoms. The first kappa shape index (κ1) is 16.1. The van der Waals surface area contributed by atoms with Gasteiger partial charge in [0.15, 0.2) is 0 Å². The van der Waals surface area contributed by atoms with E-state index in [-0.39, 0.29) is 6.09 Å². The summed E-state index contributed by atoms with van der Waals surface area (Å²) in [6, 6.07) is 6.21. The zero-order valence-corrected chi connectivity index (χ0v) is 14.0. The van der Waals surface area contributed by atoms with E-state index in [1.807, 2.05) is 26.8 Å². The zero-order valence-electron chi connectivity index (χ0n) is 11.8. The number of hydrogen-bond acceptors (Lipinski definition) is 3. The molecule has 19 heavy (non-hydrogen) atoms. The average molecular weight is 376 g/mol. The number of nitrogens with one attached hydrogen (secondary N) is 2. The molecule has 0 saturated heterocycles. The number of aryl methyl sites for hydroxylation is 1. The monoisotopic (exact) mass is 376 g/mol. The topological polar surface area (TPSA) is 50.4 Å². The van der Waals surface area contributed by atoms with E-state index < -0.39 is 5.60 Å². The van der Waals surface area contributed by atoms with Gasteiger partial charge in [-0.3, -0.25) is 0 Å². The summed E-state index contributed by atoms with van der Waals surface area (Å²) in [7, 11) is 0. The van der Waals surface area contributed by atoms with E-state index in [1.54, 1.807) is 0 Å². The Kier molecular flexibility index (Phi) is 5.90. The van der Waals surface area contributed by atoms with Gasteiger partial charge in [0.05, 0.1) is 0 Å². The van der Waals surface area contributed by atoms with Gasteiger partial charge >= 0.3 is 6.09 Å². The maximum atomic E-state index is 11.4. The third-order valence-corrected chi connectivity index (χ3v) is 2.97. The fourth-order valence-electron chi connectivity index (χ4n) is 1.50. The highest BCUT2D eigenvalue weighted by atomic mass is 127. The largest absolute Gasteiger partial charge is 0.444 e. The van der Waals surface area contributed by atoms with Crippen molar-refractivity contribution >= 4 is 34.4 Å². The van der Waals surface area contributed by atoms with E-state index in [9.17, 15) is 4.79 Å². The first-order valence-corrected chi connectivity index (χ1v) is 7.33. The van der Waals surface area contributed by atoms with Crippen molar-refractivity contribution in [1.82, 2.24) is 5.32 Å². The standard InChI is InChI=1S/C14H21IN2O2/c1-10-9-11(15)5-6-12(10)16-7-8-17-13(18)19-14(2,3)4/h5-6,9,16H,7-8H2,1-4H3,(H,17,18). The summed E-state index contributed by atoms with van der Waals surface area (Å²) in [5.74, 6) is 0. The van der Waals surface area contributed by atoms with Crippen LogP contribution in [-0.2, 0) is 4.74 Å². The molecule has 2 N–H and O–H groups in total. The number of alkyl carbamates (subject to hydrolysis) is 1. The molecule has 1 amide bonds. The first-order valence-electron chi connectivity index (χ1n) is 6.25. The lowest BCUT2D eigenvalue weighted by molar-refractivity contribution is 0.0530. The molecule has 0 aliphatic heterocycles. The fraction of sp³-hybridized carbons (Fsp3) is 0.500. The average Bonchev–Trinajstić information content (AvgIpc) is 2.24. The lowest BCUT2D eigenvalue weighted by atomic mass is 10.2. The third-order valence-electron chi connectivity index (χ3n) is 2.30. The minimum absolute atomic E-state index is 0.381. The molecule has 0 aromatic heterocycles. The lowest BCUT2D eigenvalue weighted by Crippen LogP contribution is -2.35. The van der Waals surface area contributed by atoms with Crippen LogP contribution in [0.25, 0.3) is 0 Å². The number of halogens is 1. The van der Waals surface area contributed by atoms with Crippen molar-refractivity contribution in [1.29, 1.82) is 0 Å². The molecule has 0 atom stereocenters. The number of carbonyl (C=O) groups excluding carboxylic acids is 1. The Labute approximate surface area is 128 Å². The number of hydrogen-bond donors (Lipinski definition) is 2.